The maximum absolute atomic E-state index is 2.56. The Morgan fingerprint density at radius 3 is 0.600 bits per heavy atom. The Morgan fingerprint density at radius 1 is 0.289 bits per heavy atom. The molecule has 0 aromatic heterocycles. The zero-order valence-electron chi connectivity index (χ0n) is 26.9. The van der Waals surface area contributed by atoms with Crippen molar-refractivity contribution in [2.45, 2.75) is 44.4 Å². The van der Waals surface area contributed by atoms with Crippen LogP contribution in [0.1, 0.15) is 34.1 Å². The molecule has 6 aromatic carbocycles. The van der Waals surface area contributed by atoms with E-state index in [0.717, 1.165) is 6.42 Å². The van der Waals surface area contributed by atoms with Gasteiger partial charge in [0.2, 0.25) is 0 Å². The monoisotopic (exact) mass is 622 g/mol. The molecule has 0 N–H and O–H groups in total. The molecule has 0 saturated carbocycles. The third-order valence-electron chi connectivity index (χ3n) is 9.54. The minimum Gasteiger partial charge on any atom is -0.0620 e. The van der Waals surface area contributed by atoms with Crippen molar-refractivity contribution in [1.82, 2.24) is 0 Å². The highest BCUT2D eigenvalue weighted by molar-refractivity contribution is 7.98. The van der Waals surface area contributed by atoms with E-state index in [1.807, 2.05) is 0 Å². The molecule has 0 saturated heterocycles. The maximum Gasteiger partial charge on any atom is 0.117 e. The highest BCUT2D eigenvalue weighted by Gasteiger charge is 2.65. The fourth-order valence-corrected chi connectivity index (χ4v) is 19.3. The largest absolute Gasteiger partial charge is 0.117 e. The van der Waals surface area contributed by atoms with Crippen molar-refractivity contribution in [1.29, 1.82) is 0 Å². The predicted octanol–water partition coefficient (Wildman–Crippen LogP) is 8.92. The molecule has 0 aliphatic carbocycles. The molecule has 0 amide bonds. The van der Waals surface area contributed by atoms with Gasteiger partial charge in [-0.1, -0.05) is 109 Å². The minimum atomic E-state index is -2.18. The fourth-order valence-electron chi connectivity index (χ4n) is 8.20. The topological polar surface area (TPSA) is 0 Å². The van der Waals surface area contributed by atoms with Crippen LogP contribution in [0.2, 0.25) is 0 Å². The van der Waals surface area contributed by atoms with E-state index in [-0.39, 0.29) is 10.3 Å². The summed E-state index contributed by atoms with van der Waals surface area (Å²) < 4.78 is 0. The van der Waals surface area contributed by atoms with E-state index < -0.39 is 14.5 Å². The van der Waals surface area contributed by atoms with Gasteiger partial charge in [0.1, 0.15) is 46.4 Å². The van der Waals surface area contributed by atoms with Gasteiger partial charge in [0.25, 0.3) is 0 Å². The average Bonchev–Trinajstić information content (AvgIpc) is 3.08. The SMILES string of the molecule is CC(C)(CC(C)(C)[P+](c1ccccc1)(c1ccccc1)c1ccccc1)[P+](c1ccccc1)(c1ccccc1)c1ccccc1. The summed E-state index contributed by atoms with van der Waals surface area (Å²) in [6, 6.07) is 68.3. The molecule has 0 fully saturated rings. The molecule has 45 heavy (non-hydrogen) atoms. The zero-order chi connectivity index (χ0) is 31.4. The van der Waals surface area contributed by atoms with Gasteiger partial charge in [-0.15, -0.1) is 0 Å². The fraction of sp³-hybridized carbons (Fsp3) is 0.163. The first-order chi connectivity index (χ1) is 21.8. The predicted molar refractivity (Wildman–Crippen MR) is 203 cm³/mol. The van der Waals surface area contributed by atoms with Gasteiger partial charge in [-0.05, 0) is 100 Å². The van der Waals surface area contributed by atoms with Crippen molar-refractivity contribution >= 4 is 46.4 Å². The molecular formula is C43H44P2+2. The van der Waals surface area contributed by atoms with Crippen LogP contribution in [0.5, 0.6) is 0 Å². The first-order valence-electron chi connectivity index (χ1n) is 16.0. The molecule has 6 aromatic rings. The molecule has 0 aliphatic rings. The van der Waals surface area contributed by atoms with Gasteiger partial charge in [-0.2, -0.15) is 0 Å². The molecule has 0 atom stereocenters. The quantitative estimate of drug-likeness (QED) is 0.134. The van der Waals surface area contributed by atoms with Crippen LogP contribution >= 0.6 is 14.5 Å². The van der Waals surface area contributed by atoms with Crippen LogP contribution in [0.3, 0.4) is 0 Å². The van der Waals surface area contributed by atoms with Crippen LogP contribution in [0.25, 0.3) is 0 Å². The minimum absolute atomic E-state index is 0.107. The van der Waals surface area contributed by atoms with Gasteiger partial charge in [-0.25, -0.2) is 0 Å². The van der Waals surface area contributed by atoms with E-state index in [1.165, 1.54) is 31.8 Å². The molecule has 0 heterocycles. The highest BCUT2D eigenvalue weighted by Crippen LogP contribution is 2.74. The van der Waals surface area contributed by atoms with Crippen LogP contribution in [0.15, 0.2) is 182 Å². The number of benzene rings is 6. The third kappa shape index (κ3) is 5.40. The summed E-state index contributed by atoms with van der Waals surface area (Å²) in [5, 5.41) is 8.40. The maximum atomic E-state index is 2.56. The molecule has 0 aliphatic heterocycles. The second kappa shape index (κ2) is 12.9. The summed E-state index contributed by atoms with van der Waals surface area (Å²) in [7, 11) is -4.36. The lowest BCUT2D eigenvalue weighted by molar-refractivity contribution is 0.526. The van der Waals surface area contributed by atoms with Crippen molar-refractivity contribution < 1.29 is 0 Å². The van der Waals surface area contributed by atoms with E-state index in [2.05, 4.69) is 210 Å². The van der Waals surface area contributed by atoms with E-state index in [9.17, 15) is 0 Å². The second-order valence-electron chi connectivity index (χ2n) is 13.2. The molecule has 0 nitrogen and oxygen atoms in total. The Balaban J connectivity index is 1.66. The lowest BCUT2D eigenvalue weighted by atomic mass is 9.98. The van der Waals surface area contributed by atoms with Crippen molar-refractivity contribution in [3.8, 4) is 0 Å². The smallest absolute Gasteiger partial charge is 0.0620 e. The summed E-state index contributed by atoms with van der Waals surface area (Å²) in [4.78, 5) is 0. The first-order valence-corrected chi connectivity index (χ1v) is 19.5. The number of hydrogen-bond donors (Lipinski definition) is 0. The Hall–Kier alpha value is -3.82. The van der Waals surface area contributed by atoms with E-state index in [4.69, 9.17) is 0 Å². The van der Waals surface area contributed by atoms with Gasteiger partial charge in [-0.3, -0.25) is 0 Å². The second-order valence-corrected chi connectivity index (χ2v) is 21.4. The van der Waals surface area contributed by atoms with Gasteiger partial charge in [0.15, 0.2) is 0 Å². The van der Waals surface area contributed by atoms with Crippen molar-refractivity contribution in [3.63, 3.8) is 0 Å². The Bertz CT molecular complexity index is 1450. The third-order valence-corrected chi connectivity index (χ3v) is 19.9. The normalized spacial score (nSPS) is 12.5. The number of rotatable bonds is 10. The Morgan fingerprint density at radius 2 is 0.444 bits per heavy atom. The van der Waals surface area contributed by atoms with Gasteiger partial charge >= 0.3 is 0 Å². The summed E-state index contributed by atoms with van der Waals surface area (Å²) in [6.07, 6.45) is 1.03. The van der Waals surface area contributed by atoms with Crippen molar-refractivity contribution in [2.24, 2.45) is 0 Å². The summed E-state index contributed by atoms with van der Waals surface area (Å²) in [5.41, 5.74) is 0. The van der Waals surface area contributed by atoms with Crippen LogP contribution in [0.4, 0.5) is 0 Å². The zero-order valence-corrected chi connectivity index (χ0v) is 28.7. The summed E-state index contributed by atoms with van der Waals surface area (Å²) in [5.74, 6) is 0. The average molecular weight is 623 g/mol. The lowest BCUT2D eigenvalue weighted by Crippen LogP contribution is -2.51. The molecule has 0 unspecified atom stereocenters. The first kappa shape index (κ1) is 31.2. The van der Waals surface area contributed by atoms with Crippen molar-refractivity contribution in [2.75, 3.05) is 0 Å². The van der Waals surface area contributed by atoms with Crippen LogP contribution < -0.4 is 31.8 Å². The summed E-state index contributed by atoms with van der Waals surface area (Å²) >= 11 is 0. The molecule has 0 spiro atoms. The molecular weight excluding hydrogens is 578 g/mol. The van der Waals surface area contributed by atoms with Crippen LogP contribution in [-0.2, 0) is 0 Å². The molecule has 224 valence electrons. The van der Waals surface area contributed by atoms with E-state index in [1.54, 1.807) is 0 Å². The Labute approximate surface area is 271 Å². The van der Waals surface area contributed by atoms with E-state index >= 15 is 0 Å². The molecule has 2 heteroatoms. The highest BCUT2D eigenvalue weighted by atomic mass is 31.2. The van der Waals surface area contributed by atoms with Crippen LogP contribution in [0, 0.1) is 0 Å². The standard InChI is InChI=1S/C43H44P2/c1-42(2,44(36-23-11-5-12-24-36,37-25-13-6-14-26-37)38-27-15-7-16-28-38)35-43(3,4)45(39-29-17-8-18-30-39,40-31-19-9-20-32-40)41-33-21-10-22-34-41/h5-34H,35H2,1-4H3/q+2. The van der Waals surface area contributed by atoms with Gasteiger partial charge < -0.3 is 0 Å². The molecule has 0 radical (unpaired) electrons. The van der Waals surface area contributed by atoms with Crippen molar-refractivity contribution in [3.05, 3.63) is 182 Å². The Kier molecular flexibility index (Phi) is 8.93. The van der Waals surface area contributed by atoms with Gasteiger partial charge in [0, 0.05) is 6.42 Å². The molecule has 6 rings (SSSR count). The molecule has 0 bridgehead atoms. The summed E-state index contributed by atoms with van der Waals surface area (Å²) in [6.45, 7) is 10.2. The lowest BCUT2D eigenvalue weighted by Gasteiger charge is -2.47. The number of hydrogen-bond acceptors (Lipinski definition) is 0. The van der Waals surface area contributed by atoms with Gasteiger partial charge in [0.05, 0.1) is 10.3 Å². The van der Waals surface area contributed by atoms with E-state index in [0.29, 0.717) is 0 Å². The van der Waals surface area contributed by atoms with Crippen LogP contribution in [-0.4, -0.2) is 10.3 Å².